The molecule has 2 aromatic rings. The van der Waals surface area contributed by atoms with Crippen molar-refractivity contribution in [2.45, 2.75) is 57.8 Å². The molecule has 0 bridgehead atoms. The fourth-order valence-corrected chi connectivity index (χ4v) is 4.71. The average molecular weight is 317 g/mol. The summed E-state index contributed by atoms with van der Waals surface area (Å²) >= 11 is 4.95. The SMILES string of the molecule is CCc1c(C)c(C)c2[nH]c(C)c(C3CCN(C)CC3)c2c1S. The summed E-state index contributed by atoms with van der Waals surface area (Å²) in [6, 6.07) is 0. The van der Waals surface area contributed by atoms with Gasteiger partial charge in [0.05, 0.1) is 5.52 Å². The number of H-pyrrole nitrogens is 1. The molecular weight excluding hydrogens is 288 g/mol. The number of likely N-dealkylation sites (tertiary alicyclic amines) is 1. The van der Waals surface area contributed by atoms with Gasteiger partial charge in [0.25, 0.3) is 0 Å². The van der Waals surface area contributed by atoms with Crippen LogP contribution in [0.2, 0.25) is 0 Å². The number of hydrogen-bond acceptors (Lipinski definition) is 2. The summed E-state index contributed by atoms with van der Waals surface area (Å²) in [5, 5.41) is 1.40. The highest BCUT2D eigenvalue weighted by molar-refractivity contribution is 7.80. The van der Waals surface area contributed by atoms with Gasteiger partial charge in [0, 0.05) is 16.0 Å². The lowest BCUT2D eigenvalue weighted by atomic mass is 9.86. The highest BCUT2D eigenvalue weighted by Crippen LogP contribution is 2.41. The Balaban J connectivity index is 2.23. The highest BCUT2D eigenvalue weighted by Gasteiger charge is 2.26. The number of hydrogen-bond donors (Lipinski definition) is 2. The molecule has 1 fully saturated rings. The second-order valence-electron chi connectivity index (χ2n) is 6.92. The van der Waals surface area contributed by atoms with E-state index in [0.717, 1.165) is 6.42 Å². The van der Waals surface area contributed by atoms with Crippen molar-refractivity contribution in [2.75, 3.05) is 20.1 Å². The van der Waals surface area contributed by atoms with E-state index in [1.165, 1.54) is 69.7 Å². The molecule has 1 aromatic carbocycles. The molecule has 0 amide bonds. The highest BCUT2D eigenvalue weighted by atomic mass is 32.1. The Bertz CT molecular complexity index is 706. The molecule has 1 aliphatic rings. The van der Waals surface area contributed by atoms with E-state index in [0.29, 0.717) is 5.92 Å². The Morgan fingerprint density at radius 1 is 1.14 bits per heavy atom. The predicted octanol–water partition coefficient (Wildman–Crippen LogP) is 4.75. The Morgan fingerprint density at radius 2 is 1.77 bits per heavy atom. The number of fused-ring (bicyclic) bond motifs is 1. The summed E-state index contributed by atoms with van der Waals surface area (Å²) in [6.07, 6.45) is 3.57. The fraction of sp³-hybridized carbons (Fsp3) is 0.579. The van der Waals surface area contributed by atoms with E-state index < -0.39 is 0 Å². The minimum Gasteiger partial charge on any atom is -0.358 e. The van der Waals surface area contributed by atoms with Gasteiger partial charge in [0.2, 0.25) is 0 Å². The molecule has 2 nitrogen and oxygen atoms in total. The number of rotatable bonds is 2. The first-order valence-electron chi connectivity index (χ1n) is 8.47. The second kappa shape index (κ2) is 5.93. The smallest absolute Gasteiger partial charge is 0.0502 e. The van der Waals surface area contributed by atoms with E-state index in [1.54, 1.807) is 0 Å². The zero-order valence-corrected chi connectivity index (χ0v) is 15.4. The Kier molecular flexibility index (Phi) is 4.30. The number of aromatic nitrogens is 1. The van der Waals surface area contributed by atoms with E-state index in [9.17, 15) is 0 Å². The first kappa shape index (κ1) is 15.9. The van der Waals surface area contributed by atoms with E-state index in [1.807, 2.05) is 0 Å². The third-order valence-corrected chi connectivity index (χ3v) is 6.12. The maximum absolute atomic E-state index is 4.95. The first-order chi connectivity index (χ1) is 10.5. The summed E-state index contributed by atoms with van der Waals surface area (Å²) in [5.41, 5.74) is 8.40. The van der Waals surface area contributed by atoms with Crippen LogP contribution in [0.5, 0.6) is 0 Å². The molecule has 0 aliphatic carbocycles. The summed E-state index contributed by atoms with van der Waals surface area (Å²) in [4.78, 5) is 7.32. The van der Waals surface area contributed by atoms with Crippen LogP contribution in [-0.2, 0) is 6.42 Å². The van der Waals surface area contributed by atoms with Crippen LogP contribution < -0.4 is 0 Å². The average Bonchev–Trinajstić information content (AvgIpc) is 2.84. The van der Waals surface area contributed by atoms with Gasteiger partial charge in [0.15, 0.2) is 0 Å². The normalized spacial score (nSPS) is 17.5. The topological polar surface area (TPSA) is 19.0 Å². The molecule has 1 aliphatic heterocycles. The number of aromatic amines is 1. The van der Waals surface area contributed by atoms with Crippen LogP contribution in [0.4, 0.5) is 0 Å². The van der Waals surface area contributed by atoms with Gasteiger partial charge in [-0.3, -0.25) is 0 Å². The van der Waals surface area contributed by atoms with Gasteiger partial charge in [-0.15, -0.1) is 12.6 Å². The molecule has 0 unspecified atom stereocenters. The van der Waals surface area contributed by atoms with Gasteiger partial charge in [-0.2, -0.15) is 0 Å². The third kappa shape index (κ3) is 2.39. The van der Waals surface area contributed by atoms with Crippen molar-refractivity contribution in [3.63, 3.8) is 0 Å². The summed E-state index contributed by atoms with van der Waals surface area (Å²) in [7, 11) is 2.23. The Hall–Kier alpha value is -0.930. The second-order valence-corrected chi connectivity index (χ2v) is 7.37. The molecule has 1 saturated heterocycles. The number of nitrogens with zero attached hydrogens (tertiary/aromatic N) is 1. The number of thiol groups is 1. The predicted molar refractivity (Wildman–Crippen MR) is 98.6 cm³/mol. The van der Waals surface area contributed by atoms with E-state index in [-0.39, 0.29) is 0 Å². The fourth-order valence-electron chi connectivity index (χ4n) is 4.15. The van der Waals surface area contributed by atoms with Crippen LogP contribution in [-0.4, -0.2) is 30.0 Å². The van der Waals surface area contributed by atoms with E-state index in [2.05, 4.69) is 44.6 Å². The van der Waals surface area contributed by atoms with Crippen molar-refractivity contribution in [1.82, 2.24) is 9.88 Å². The minimum atomic E-state index is 0.669. The molecule has 1 aromatic heterocycles. The van der Waals surface area contributed by atoms with Gasteiger partial charge in [0.1, 0.15) is 0 Å². The standard InChI is InChI=1S/C19H28N2S/c1-6-15-11(2)12(3)18-17(19(15)22)16(13(4)20-18)14-7-9-21(5)10-8-14/h14,20,22H,6-10H2,1-5H3. The molecule has 2 heterocycles. The van der Waals surface area contributed by atoms with Crippen molar-refractivity contribution in [3.05, 3.63) is 27.9 Å². The Labute approximate surface area is 139 Å². The zero-order valence-electron chi connectivity index (χ0n) is 14.5. The first-order valence-corrected chi connectivity index (χ1v) is 8.92. The number of benzene rings is 1. The van der Waals surface area contributed by atoms with Crippen LogP contribution in [0.25, 0.3) is 10.9 Å². The number of piperidine rings is 1. The van der Waals surface area contributed by atoms with Crippen molar-refractivity contribution in [3.8, 4) is 0 Å². The zero-order chi connectivity index (χ0) is 16.0. The molecule has 0 saturated carbocycles. The quantitative estimate of drug-likeness (QED) is 0.765. The number of nitrogens with one attached hydrogen (secondary N) is 1. The summed E-state index contributed by atoms with van der Waals surface area (Å²) in [5.74, 6) is 0.669. The van der Waals surface area contributed by atoms with Gasteiger partial charge >= 0.3 is 0 Å². The van der Waals surface area contributed by atoms with Gasteiger partial charge in [-0.25, -0.2) is 0 Å². The van der Waals surface area contributed by atoms with Gasteiger partial charge in [-0.1, -0.05) is 6.92 Å². The van der Waals surface area contributed by atoms with Crippen LogP contribution in [0.3, 0.4) is 0 Å². The largest absolute Gasteiger partial charge is 0.358 e. The maximum Gasteiger partial charge on any atom is 0.0502 e. The lowest BCUT2D eigenvalue weighted by Gasteiger charge is -2.29. The van der Waals surface area contributed by atoms with Gasteiger partial charge in [-0.05, 0) is 88.3 Å². The molecule has 0 spiro atoms. The van der Waals surface area contributed by atoms with Crippen LogP contribution in [0.1, 0.15) is 53.6 Å². The third-order valence-electron chi connectivity index (χ3n) is 5.63. The summed E-state index contributed by atoms with van der Waals surface area (Å²) in [6.45, 7) is 11.4. The van der Waals surface area contributed by atoms with Crippen molar-refractivity contribution >= 4 is 23.5 Å². The van der Waals surface area contributed by atoms with E-state index >= 15 is 0 Å². The van der Waals surface area contributed by atoms with Crippen LogP contribution >= 0.6 is 12.6 Å². The summed E-state index contributed by atoms with van der Waals surface area (Å²) < 4.78 is 0. The maximum atomic E-state index is 4.95. The Morgan fingerprint density at radius 3 is 2.36 bits per heavy atom. The molecule has 0 radical (unpaired) electrons. The molecule has 1 N–H and O–H groups in total. The minimum absolute atomic E-state index is 0.669. The molecule has 3 heteroatoms. The monoisotopic (exact) mass is 316 g/mol. The molecule has 0 atom stereocenters. The lowest BCUT2D eigenvalue weighted by molar-refractivity contribution is 0.255. The van der Waals surface area contributed by atoms with Gasteiger partial charge < -0.3 is 9.88 Å². The van der Waals surface area contributed by atoms with Crippen molar-refractivity contribution in [1.29, 1.82) is 0 Å². The molecule has 3 rings (SSSR count). The molecule has 22 heavy (non-hydrogen) atoms. The van der Waals surface area contributed by atoms with Crippen molar-refractivity contribution in [2.24, 2.45) is 0 Å². The van der Waals surface area contributed by atoms with E-state index in [4.69, 9.17) is 12.6 Å². The number of aryl methyl sites for hydroxylation is 2. The molecule has 120 valence electrons. The van der Waals surface area contributed by atoms with Crippen molar-refractivity contribution < 1.29 is 0 Å². The van der Waals surface area contributed by atoms with Crippen LogP contribution in [0.15, 0.2) is 4.90 Å². The lowest BCUT2D eigenvalue weighted by Crippen LogP contribution is -2.29. The molecular formula is C19H28N2S. The van der Waals surface area contributed by atoms with Crippen LogP contribution in [0, 0.1) is 20.8 Å².